The van der Waals surface area contributed by atoms with Gasteiger partial charge in [0, 0.05) is 11.1 Å². The highest BCUT2D eigenvalue weighted by Crippen LogP contribution is 2.39. The first-order valence-corrected chi connectivity index (χ1v) is 14.9. The van der Waals surface area contributed by atoms with Gasteiger partial charge >= 0.3 is 0 Å². The van der Waals surface area contributed by atoms with Crippen LogP contribution in [0.1, 0.15) is 29.3 Å². The molecular formula is C33H36O11. The van der Waals surface area contributed by atoms with Crippen molar-refractivity contribution in [2.24, 2.45) is 0 Å². The van der Waals surface area contributed by atoms with Crippen LogP contribution in [0, 0.1) is 0 Å². The highest BCUT2D eigenvalue weighted by Gasteiger charge is 2.55. The Kier molecular flexibility index (Phi) is 9.03. The summed E-state index contributed by atoms with van der Waals surface area (Å²) in [6, 6.07) is 28.3. The van der Waals surface area contributed by atoms with E-state index in [0.717, 1.165) is 16.7 Å². The van der Waals surface area contributed by atoms with Crippen LogP contribution < -0.4 is 0 Å². The molecule has 0 aliphatic carbocycles. The molecule has 0 spiro atoms. The smallest absolute Gasteiger partial charge is 0.187 e. The van der Waals surface area contributed by atoms with Crippen LogP contribution >= 0.6 is 0 Å². The van der Waals surface area contributed by atoms with Crippen molar-refractivity contribution in [2.75, 3.05) is 13.2 Å². The van der Waals surface area contributed by atoms with Gasteiger partial charge in [0.15, 0.2) is 25.2 Å². The molecule has 4 fully saturated rings. The quantitative estimate of drug-likeness (QED) is 0.365. The fourth-order valence-corrected chi connectivity index (χ4v) is 6.07. The Morgan fingerprint density at radius 2 is 1.14 bits per heavy atom. The van der Waals surface area contributed by atoms with Gasteiger partial charge in [0.2, 0.25) is 0 Å². The molecule has 4 aliphatic rings. The molecule has 4 heterocycles. The van der Waals surface area contributed by atoms with E-state index in [-0.39, 0.29) is 19.8 Å². The number of hydrogen-bond acceptors (Lipinski definition) is 11. The zero-order valence-electron chi connectivity index (χ0n) is 23.8. The highest BCUT2D eigenvalue weighted by atomic mass is 16.8. The summed E-state index contributed by atoms with van der Waals surface area (Å²) < 4.78 is 48.9. The van der Waals surface area contributed by atoms with Crippen LogP contribution in [0.25, 0.3) is 0 Å². The van der Waals surface area contributed by atoms with Gasteiger partial charge in [-0.1, -0.05) is 91.0 Å². The average Bonchev–Trinajstić information content (AvgIpc) is 3.07. The van der Waals surface area contributed by atoms with E-state index in [2.05, 4.69) is 0 Å². The van der Waals surface area contributed by atoms with Crippen LogP contribution in [0.5, 0.6) is 0 Å². The summed E-state index contributed by atoms with van der Waals surface area (Å²) >= 11 is 0. The van der Waals surface area contributed by atoms with Gasteiger partial charge in [-0.25, -0.2) is 0 Å². The van der Waals surface area contributed by atoms with Gasteiger partial charge in [0.05, 0.1) is 19.8 Å². The van der Waals surface area contributed by atoms with Crippen molar-refractivity contribution in [3.63, 3.8) is 0 Å². The summed E-state index contributed by atoms with van der Waals surface area (Å²) in [6.45, 7) is 0.382. The summed E-state index contributed by atoms with van der Waals surface area (Å²) in [5.74, 6) is 0. The molecule has 44 heavy (non-hydrogen) atoms. The molecule has 3 aromatic carbocycles. The number of hydrogen-bond donors (Lipinski definition) is 3. The van der Waals surface area contributed by atoms with Gasteiger partial charge in [-0.3, -0.25) is 0 Å². The number of aliphatic hydroxyl groups excluding tert-OH is 3. The minimum Gasteiger partial charge on any atom is -0.387 e. The lowest BCUT2D eigenvalue weighted by Gasteiger charge is -2.51. The predicted octanol–water partition coefficient (Wildman–Crippen LogP) is 2.35. The maximum Gasteiger partial charge on any atom is 0.187 e. The van der Waals surface area contributed by atoms with Crippen LogP contribution in [-0.2, 0) is 44.5 Å². The fraction of sp³-hybridized carbons (Fsp3) is 0.455. The first-order valence-electron chi connectivity index (χ1n) is 14.9. The topological polar surface area (TPSA) is 135 Å². The number of fused-ring (bicyclic) bond motifs is 2. The standard InChI is InChI=1S/C33H36O11/c34-24-25(35)33(41-22-17-38-31(42-26(22)24)20-12-6-2-7-13-20)44-28-27-23(18-39-32(43-27)21-14-8-3-9-15-21)40-30(36)29(28)37-16-19-10-4-1-5-11-19/h1-15,22-36H,16-18H2/t22-,23-,24-,25-,26+,27+,28+,29-,30-,31?,32?,33+/m1/s1. The third-order valence-electron chi connectivity index (χ3n) is 8.36. The molecule has 12 atom stereocenters. The second-order valence-electron chi connectivity index (χ2n) is 11.3. The molecule has 7 rings (SSSR count). The van der Waals surface area contributed by atoms with Gasteiger partial charge in [-0.15, -0.1) is 0 Å². The largest absolute Gasteiger partial charge is 0.387 e. The summed E-state index contributed by atoms with van der Waals surface area (Å²) in [6.07, 6.45) is -12.0. The average molecular weight is 609 g/mol. The van der Waals surface area contributed by atoms with E-state index < -0.39 is 74.0 Å². The van der Waals surface area contributed by atoms with Gasteiger partial charge in [0.1, 0.15) is 48.8 Å². The lowest BCUT2D eigenvalue weighted by atomic mass is 9.95. The van der Waals surface area contributed by atoms with Crippen LogP contribution in [-0.4, -0.2) is 89.9 Å². The van der Waals surface area contributed by atoms with Crippen molar-refractivity contribution in [3.05, 3.63) is 108 Å². The Hall–Kier alpha value is -2.78. The SMILES string of the molecule is O[C@@H]1[C@@H](O)[C@H](O[C@@H]2[C@@H](OCc3ccccc3)[C@H](O)O[C@@H]3COC(c4ccccc4)O[C@H]23)O[C@@H]2COC(c3ccccc3)O[C@H]12. The maximum absolute atomic E-state index is 11.2. The molecule has 4 saturated heterocycles. The molecule has 2 unspecified atom stereocenters. The molecule has 11 nitrogen and oxygen atoms in total. The molecule has 3 N–H and O–H groups in total. The maximum atomic E-state index is 11.2. The molecule has 0 aromatic heterocycles. The molecule has 0 radical (unpaired) electrons. The zero-order valence-corrected chi connectivity index (χ0v) is 23.8. The third kappa shape index (κ3) is 6.19. The third-order valence-corrected chi connectivity index (χ3v) is 8.36. The molecule has 4 aliphatic heterocycles. The Morgan fingerprint density at radius 3 is 1.75 bits per heavy atom. The van der Waals surface area contributed by atoms with Gasteiger partial charge < -0.3 is 53.2 Å². The van der Waals surface area contributed by atoms with E-state index in [1.54, 1.807) is 0 Å². The summed E-state index contributed by atoms with van der Waals surface area (Å²) in [5.41, 5.74) is 2.47. The second-order valence-corrected chi connectivity index (χ2v) is 11.3. The molecule has 0 saturated carbocycles. The number of rotatable bonds is 7. The Balaban J connectivity index is 1.11. The predicted molar refractivity (Wildman–Crippen MR) is 151 cm³/mol. The van der Waals surface area contributed by atoms with Crippen molar-refractivity contribution in [3.8, 4) is 0 Å². The van der Waals surface area contributed by atoms with Crippen LogP contribution in [0.2, 0.25) is 0 Å². The van der Waals surface area contributed by atoms with Gasteiger partial charge in [0.25, 0.3) is 0 Å². The normalized spacial score (nSPS) is 38.8. The first kappa shape index (κ1) is 29.9. The lowest BCUT2D eigenvalue weighted by molar-refractivity contribution is -0.405. The molecule has 3 aromatic rings. The summed E-state index contributed by atoms with van der Waals surface area (Å²) in [5, 5.41) is 33.5. The first-order chi connectivity index (χ1) is 21.5. The van der Waals surface area contributed by atoms with E-state index in [1.807, 2.05) is 91.0 Å². The van der Waals surface area contributed by atoms with E-state index in [0.29, 0.717) is 0 Å². The van der Waals surface area contributed by atoms with Gasteiger partial charge in [-0.05, 0) is 5.56 Å². The molecule has 0 amide bonds. The monoisotopic (exact) mass is 608 g/mol. The molecule has 11 heteroatoms. The molecule has 234 valence electrons. The van der Waals surface area contributed by atoms with E-state index >= 15 is 0 Å². The Bertz CT molecular complexity index is 1330. The number of aliphatic hydroxyl groups is 3. The minimum atomic E-state index is -1.48. The molecular weight excluding hydrogens is 572 g/mol. The Labute approximate surface area is 254 Å². The zero-order chi connectivity index (χ0) is 30.0. The van der Waals surface area contributed by atoms with Crippen molar-refractivity contribution in [1.82, 2.24) is 0 Å². The fourth-order valence-electron chi connectivity index (χ4n) is 6.07. The molecule has 0 bridgehead atoms. The summed E-state index contributed by atoms with van der Waals surface area (Å²) in [4.78, 5) is 0. The van der Waals surface area contributed by atoms with Crippen molar-refractivity contribution >= 4 is 0 Å². The minimum absolute atomic E-state index is 0.102. The highest BCUT2D eigenvalue weighted by molar-refractivity contribution is 5.18. The van der Waals surface area contributed by atoms with Crippen LogP contribution in [0.3, 0.4) is 0 Å². The lowest BCUT2D eigenvalue weighted by Crippen LogP contribution is -2.67. The van der Waals surface area contributed by atoms with Crippen LogP contribution in [0.15, 0.2) is 91.0 Å². The van der Waals surface area contributed by atoms with Crippen molar-refractivity contribution in [2.45, 2.75) is 80.6 Å². The van der Waals surface area contributed by atoms with Crippen LogP contribution in [0.4, 0.5) is 0 Å². The van der Waals surface area contributed by atoms with Gasteiger partial charge in [-0.2, -0.15) is 0 Å². The van der Waals surface area contributed by atoms with Crippen molar-refractivity contribution in [1.29, 1.82) is 0 Å². The Morgan fingerprint density at radius 1 is 0.591 bits per heavy atom. The van der Waals surface area contributed by atoms with E-state index in [1.165, 1.54) is 0 Å². The van der Waals surface area contributed by atoms with E-state index in [9.17, 15) is 15.3 Å². The number of ether oxygens (including phenoxy) is 8. The van der Waals surface area contributed by atoms with E-state index in [4.69, 9.17) is 37.9 Å². The number of benzene rings is 3. The summed E-state index contributed by atoms with van der Waals surface area (Å²) in [7, 11) is 0. The van der Waals surface area contributed by atoms with Crippen molar-refractivity contribution < 1.29 is 53.2 Å². The second kappa shape index (κ2) is 13.3.